The minimum absolute atomic E-state index is 0.225. The lowest BCUT2D eigenvalue weighted by Gasteiger charge is -2.24. The van der Waals surface area contributed by atoms with Gasteiger partial charge < -0.3 is 4.74 Å². The molecule has 0 saturated carbocycles. The summed E-state index contributed by atoms with van der Waals surface area (Å²) in [6, 6.07) is 22.1. The molecule has 10 heteroatoms. The Morgan fingerprint density at radius 2 is 1.80 bits per heavy atom. The van der Waals surface area contributed by atoms with E-state index in [9.17, 15) is 9.59 Å². The van der Waals surface area contributed by atoms with Gasteiger partial charge in [0.25, 0.3) is 5.56 Å². The van der Waals surface area contributed by atoms with Crippen molar-refractivity contribution < 1.29 is 9.53 Å². The maximum absolute atomic E-state index is 13.9. The predicted octanol–water partition coefficient (Wildman–Crippen LogP) is 3.44. The zero-order chi connectivity index (χ0) is 27.6. The molecule has 0 N–H and O–H groups in total. The number of allylic oxidation sites excluding steroid dienone is 1. The monoisotopic (exact) mass is 548 g/mol. The second kappa shape index (κ2) is 10.7. The van der Waals surface area contributed by atoms with Crippen molar-refractivity contribution in [3.05, 3.63) is 127 Å². The number of esters is 1. The number of aromatic nitrogens is 5. The van der Waals surface area contributed by atoms with Gasteiger partial charge in [-0.3, -0.25) is 14.3 Å². The second-order valence-electron chi connectivity index (χ2n) is 9.04. The molecule has 1 unspecified atom stereocenters. The summed E-state index contributed by atoms with van der Waals surface area (Å²) in [5.74, 6) is -0.480. The first kappa shape index (κ1) is 25.3. The van der Waals surface area contributed by atoms with Crippen LogP contribution >= 0.6 is 11.3 Å². The number of nitrogens with zero attached hydrogens (tertiary/aromatic N) is 6. The van der Waals surface area contributed by atoms with Crippen LogP contribution in [0.3, 0.4) is 0 Å². The van der Waals surface area contributed by atoms with Crippen LogP contribution in [-0.4, -0.2) is 37.1 Å². The average Bonchev–Trinajstić information content (AvgIpc) is 3.59. The van der Waals surface area contributed by atoms with Crippen LogP contribution in [0.15, 0.2) is 106 Å². The number of rotatable bonds is 6. The van der Waals surface area contributed by atoms with Crippen molar-refractivity contribution in [3.8, 4) is 17.1 Å². The SMILES string of the molecule is CCOC(=O)C1=C(C)N=c2s/c(=C\c3ccccc3-n3cc(-c4ccccn4)nn3)c(=O)n2C1c1ccccc1. The molecule has 1 aliphatic heterocycles. The van der Waals surface area contributed by atoms with Crippen molar-refractivity contribution in [2.45, 2.75) is 19.9 Å². The molecule has 0 bridgehead atoms. The lowest BCUT2D eigenvalue weighted by atomic mass is 9.96. The molecular weight excluding hydrogens is 524 g/mol. The van der Waals surface area contributed by atoms with E-state index >= 15 is 0 Å². The molecule has 198 valence electrons. The Kier molecular flexibility index (Phi) is 6.75. The maximum atomic E-state index is 13.9. The van der Waals surface area contributed by atoms with E-state index in [1.54, 1.807) is 35.5 Å². The zero-order valence-electron chi connectivity index (χ0n) is 21.8. The molecule has 0 aliphatic carbocycles. The molecule has 3 aromatic heterocycles. The van der Waals surface area contributed by atoms with Crippen LogP contribution in [0.2, 0.25) is 0 Å². The number of thiazole rings is 1. The van der Waals surface area contributed by atoms with Crippen molar-refractivity contribution in [2.24, 2.45) is 4.99 Å². The van der Waals surface area contributed by atoms with Crippen molar-refractivity contribution in [3.63, 3.8) is 0 Å². The molecule has 5 aromatic rings. The van der Waals surface area contributed by atoms with Gasteiger partial charge in [0.05, 0.1) is 46.0 Å². The van der Waals surface area contributed by atoms with Crippen LogP contribution in [0.5, 0.6) is 0 Å². The molecule has 6 rings (SSSR count). The molecule has 1 aliphatic rings. The van der Waals surface area contributed by atoms with Crippen molar-refractivity contribution >= 4 is 23.4 Å². The normalized spacial score (nSPS) is 15.1. The number of benzene rings is 2. The standard InChI is InChI=1S/C30H24N6O3S/c1-3-39-29(38)26-19(2)32-30-36(27(26)20-11-5-4-6-12-20)28(37)25(40-30)17-21-13-7-8-15-24(21)35-18-23(33-34-35)22-14-9-10-16-31-22/h4-18,27H,3H2,1-2H3/b25-17-. The number of hydrogen-bond donors (Lipinski definition) is 0. The number of carbonyl (C=O) groups is 1. The smallest absolute Gasteiger partial charge is 0.338 e. The quantitative estimate of drug-likeness (QED) is 0.301. The van der Waals surface area contributed by atoms with E-state index in [4.69, 9.17) is 4.74 Å². The molecule has 9 nitrogen and oxygen atoms in total. The van der Waals surface area contributed by atoms with E-state index in [0.717, 1.165) is 16.8 Å². The first-order chi connectivity index (χ1) is 19.5. The minimum Gasteiger partial charge on any atom is -0.463 e. The summed E-state index contributed by atoms with van der Waals surface area (Å²) in [6.45, 7) is 3.76. The first-order valence-corrected chi connectivity index (χ1v) is 13.5. The fraction of sp³-hybridized carbons (Fsp3) is 0.133. The van der Waals surface area contributed by atoms with Crippen LogP contribution in [0.4, 0.5) is 0 Å². The third-order valence-corrected chi connectivity index (χ3v) is 7.51. The third kappa shape index (κ3) is 4.58. The van der Waals surface area contributed by atoms with Crippen LogP contribution in [0.1, 0.15) is 31.0 Å². The highest BCUT2D eigenvalue weighted by Gasteiger charge is 2.33. The largest absolute Gasteiger partial charge is 0.463 e. The zero-order valence-corrected chi connectivity index (χ0v) is 22.6. The topological polar surface area (TPSA) is 104 Å². The van der Waals surface area contributed by atoms with Crippen molar-refractivity contribution in [1.82, 2.24) is 24.5 Å². The van der Waals surface area contributed by atoms with Crippen LogP contribution in [-0.2, 0) is 9.53 Å². The molecule has 0 amide bonds. The summed E-state index contributed by atoms with van der Waals surface area (Å²) >= 11 is 1.28. The summed E-state index contributed by atoms with van der Waals surface area (Å²) in [7, 11) is 0. The van der Waals surface area contributed by atoms with E-state index in [1.807, 2.05) is 78.9 Å². The van der Waals surface area contributed by atoms with E-state index < -0.39 is 12.0 Å². The molecule has 0 spiro atoms. The number of carbonyl (C=O) groups excluding carboxylic acids is 1. The molecule has 2 aromatic carbocycles. The van der Waals surface area contributed by atoms with E-state index in [-0.39, 0.29) is 12.2 Å². The average molecular weight is 549 g/mol. The first-order valence-electron chi connectivity index (χ1n) is 12.7. The Balaban J connectivity index is 1.48. The lowest BCUT2D eigenvalue weighted by Crippen LogP contribution is -2.39. The van der Waals surface area contributed by atoms with Crippen LogP contribution in [0, 0.1) is 0 Å². The van der Waals surface area contributed by atoms with Gasteiger partial charge in [0.1, 0.15) is 5.69 Å². The highest BCUT2D eigenvalue weighted by molar-refractivity contribution is 7.07. The summed E-state index contributed by atoms with van der Waals surface area (Å²) < 4.78 is 9.10. The van der Waals surface area contributed by atoms with Gasteiger partial charge in [-0.15, -0.1) is 5.10 Å². The van der Waals surface area contributed by atoms with Crippen molar-refractivity contribution in [2.75, 3.05) is 6.61 Å². The number of para-hydroxylation sites is 1. The fourth-order valence-electron chi connectivity index (χ4n) is 4.71. The number of hydrogen-bond acceptors (Lipinski definition) is 8. The van der Waals surface area contributed by atoms with Gasteiger partial charge in [0.2, 0.25) is 0 Å². The summed E-state index contributed by atoms with van der Waals surface area (Å²) in [5, 5.41) is 8.59. The summed E-state index contributed by atoms with van der Waals surface area (Å²) in [5.41, 5.74) is 4.34. The highest BCUT2D eigenvalue weighted by Crippen LogP contribution is 2.30. The number of fused-ring (bicyclic) bond motifs is 1. The lowest BCUT2D eigenvalue weighted by molar-refractivity contribution is -0.139. The second-order valence-corrected chi connectivity index (χ2v) is 10.0. The Labute approximate surface area is 233 Å². The molecule has 40 heavy (non-hydrogen) atoms. The van der Waals surface area contributed by atoms with E-state index in [0.29, 0.717) is 32.0 Å². The number of ether oxygens (including phenoxy) is 1. The highest BCUT2D eigenvalue weighted by atomic mass is 32.1. The Bertz CT molecular complexity index is 1920. The summed E-state index contributed by atoms with van der Waals surface area (Å²) in [6.07, 6.45) is 5.34. The Hall–Kier alpha value is -4.96. The molecule has 0 fully saturated rings. The molecular formula is C30H24N6O3S. The molecule has 0 radical (unpaired) electrons. The Morgan fingerprint density at radius 1 is 1.02 bits per heavy atom. The molecule has 0 saturated heterocycles. The van der Waals surface area contributed by atoms with E-state index in [1.165, 1.54) is 11.3 Å². The maximum Gasteiger partial charge on any atom is 0.338 e. The molecule has 1 atom stereocenters. The van der Waals surface area contributed by atoms with Gasteiger partial charge in [-0.2, -0.15) is 0 Å². The van der Waals surface area contributed by atoms with Gasteiger partial charge in [-0.1, -0.05) is 71.1 Å². The number of pyridine rings is 1. The third-order valence-electron chi connectivity index (χ3n) is 6.52. The fourth-order valence-corrected chi connectivity index (χ4v) is 5.75. The van der Waals surface area contributed by atoms with Crippen LogP contribution < -0.4 is 14.9 Å². The van der Waals surface area contributed by atoms with Crippen LogP contribution in [0.25, 0.3) is 23.2 Å². The van der Waals surface area contributed by atoms with Gasteiger partial charge in [0.15, 0.2) is 4.80 Å². The van der Waals surface area contributed by atoms with Crippen molar-refractivity contribution in [1.29, 1.82) is 0 Å². The van der Waals surface area contributed by atoms with Gasteiger partial charge >= 0.3 is 5.97 Å². The van der Waals surface area contributed by atoms with Gasteiger partial charge in [-0.05, 0) is 43.7 Å². The van der Waals surface area contributed by atoms with Gasteiger partial charge in [-0.25, -0.2) is 14.5 Å². The van der Waals surface area contributed by atoms with Gasteiger partial charge in [0, 0.05) is 11.8 Å². The predicted molar refractivity (Wildman–Crippen MR) is 151 cm³/mol. The summed E-state index contributed by atoms with van der Waals surface area (Å²) in [4.78, 5) is 36.5. The van der Waals surface area contributed by atoms with E-state index in [2.05, 4.69) is 20.3 Å². The molecule has 4 heterocycles. The minimum atomic E-state index is -0.648. The Morgan fingerprint density at radius 3 is 2.58 bits per heavy atom.